The molecule has 0 fully saturated rings. The summed E-state index contributed by atoms with van der Waals surface area (Å²) in [7, 11) is 0. The van der Waals surface area contributed by atoms with Crippen LogP contribution in [0.1, 0.15) is 201 Å². The fraction of sp³-hybridized carbons (Fsp3) is 0.540. The largest absolute Gasteiger partial charge is 0.462 e. The minimum Gasteiger partial charge on any atom is -0.462 e. The van der Waals surface area contributed by atoms with E-state index in [2.05, 4.69) is 106 Å². The average molecular weight is 949 g/mol. The second-order valence-electron chi connectivity index (χ2n) is 17.3. The minimum atomic E-state index is -0.822. The molecule has 1 unspecified atom stereocenters. The van der Waals surface area contributed by atoms with Crippen molar-refractivity contribution in [3.8, 4) is 0 Å². The summed E-state index contributed by atoms with van der Waals surface area (Å²) in [5.74, 6) is -1.00. The van der Waals surface area contributed by atoms with E-state index in [1.165, 1.54) is 44.9 Å². The molecule has 0 aromatic heterocycles. The molecule has 1 atom stereocenters. The van der Waals surface area contributed by atoms with Gasteiger partial charge in [-0.05, 0) is 89.9 Å². The van der Waals surface area contributed by atoms with Gasteiger partial charge in [0, 0.05) is 19.3 Å². The van der Waals surface area contributed by atoms with Gasteiger partial charge in [-0.3, -0.25) is 14.4 Å². The predicted octanol–water partition coefficient (Wildman–Crippen LogP) is 18.2. The van der Waals surface area contributed by atoms with Crippen LogP contribution in [0.25, 0.3) is 0 Å². The lowest BCUT2D eigenvalue weighted by atomic mass is 10.1. The third kappa shape index (κ3) is 53.8. The molecule has 0 aliphatic heterocycles. The molecule has 384 valence electrons. The van der Waals surface area contributed by atoms with Gasteiger partial charge in [0.05, 0.1) is 0 Å². The zero-order chi connectivity index (χ0) is 50.0. The Morgan fingerprint density at radius 3 is 1.06 bits per heavy atom. The van der Waals surface area contributed by atoms with Crippen LogP contribution in [-0.4, -0.2) is 37.2 Å². The van der Waals surface area contributed by atoms with E-state index in [-0.39, 0.29) is 37.5 Å². The highest BCUT2D eigenvalue weighted by Gasteiger charge is 2.19. The van der Waals surface area contributed by atoms with E-state index in [1.54, 1.807) is 0 Å². The van der Waals surface area contributed by atoms with Gasteiger partial charge in [-0.15, -0.1) is 0 Å². The van der Waals surface area contributed by atoms with Gasteiger partial charge in [0.25, 0.3) is 0 Å². The Kier molecular flexibility index (Phi) is 51.6. The Morgan fingerprint density at radius 2 is 0.638 bits per heavy atom. The van der Waals surface area contributed by atoms with Crippen LogP contribution >= 0.6 is 0 Å². The first kappa shape index (κ1) is 64.0. The van der Waals surface area contributed by atoms with Gasteiger partial charge in [0.1, 0.15) is 13.2 Å². The Hall–Kier alpha value is -4.97. The van der Waals surface area contributed by atoms with Crippen LogP contribution in [0.4, 0.5) is 0 Å². The lowest BCUT2D eigenvalue weighted by Gasteiger charge is -2.18. The van der Waals surface area contributed by atoms with Crippen molar-refractivity contribution >= 4 is 17.9 Å². The summed E-state index contributed by atoms with van der Waals surface area (Å²) in [5, 5.41) is 0. The molecule has 0 N–H and O–H groups in total. The number of carbonyl (C=O) groups excluding carboxylic acids is 3. The SMILES string of the molecule is CC\C=C/C=C\C=C/C=C\C=C\C=C/C=C\CCCCCC(=O)OCC(COC(=O)CCCCCCCCC/C=C\C/C=C\CC)OC(=O)CCCCCCC\C=C/C=C\C=C/C=C\CCCCC. The van der Waals surface area contributed by atoms with Crippen LogP contribution in [0.2, 0.25) is 0 Å². The molecular formula is C63H96O6. The van der Waals surface area contributed by atoms with Gasteiger partial charge >= 0.3 is 17.9 Å². The number of carbonyl (C=O) groups is 3. The zero-order valence-electron chi connectivity index (χ0n) is 43.8. The molecule has 6 nitrogen and oxygen atoms in total. The van der Waals surface area contributed by atoms with Gasteiger partial charge in [-0.1, -0.05) is 249 Å². The van der Waals surface area contributed by atoms with E-state index >= 15 is 0 Å². The van der Waals surface area contributed by atoms with E-state index in [9.17, 15) is 14.4 Å². The van der Waals surface area contributed by atoms with E-state index in [1.807, 2.05) is 72.9 Å². The van der Waals surface area contributed by atoms with Crippen LogP contribution < -0.4 is 0 Å². The van der Waals surface area contributed by atoms with Crippen molar-refractivity contribution < 1.29 is 28.6 Å². The number of allylic oxidation sites excluding steroid dienone is 26. The standard InChI is InChI=1S/C63H96O6/c1-4-7-10-13-16-19-22-25-28-30-32-34-35-38-41-44-47-50-53-56-62(65)68-59-60(58-67-61(64)55-52-49-46-43-40-37-27-24-21-18-15-12-9-6-3)69-63(66)57-54-51-48-45-42-39-36-33-31-29-26-23-20-17-14-11-8-5-2/h7,9-10,12-13,16-23,25-26,28-36,38,41,60H,4-6,8,11,14-15,24,27,37,39-40,42-59H2,1-3H3/b10-7-,12-9-,16-13-,20-17-,21-18-,22-19-,26-23-,28-25-,31-29-,32-30+,35-34-,36-33-,41-38-. The van der Waals surface area contributed by atoms with Gasteiger partial charge in [-0.2, -0.15) is 0 Å². The first-order chi connectivity index (χ1) is 34.0. The molecule has 0 amide bonds. The third-order valence-electron chi connectivity index (χ3n) is 10.8. The molecule has 0 aliphatic carbocycles. The van der Waals surface area contributed by atoms with Crippen LogP contribution in [0.15, 0.2) is 158 Å². The summed E-state index contributed by atoms with van der Waals surface area (Å²) in [5.41, 5.74) is 0. The van der Waals surface area contributed by atoms with E-state index in [0.717, 1.165) is 109 Å². The van der Waals surface area contributed by atoms with Crippen LogP contribution in [0.3, 0.4) is 0 Å². The first-order valence-electron chi connectivity index (χ1n) is 27.1. The minimum absolute atomic E-state index is 0.115. The van der Waals surface area contributed by atoms with Gasteiger partial charge < -0.3 is 14.2 Å². The number of hydrogen-bond acceptors (Lipinski definition) is 6. The van der Waals surface area contributed by atoms with E-state index < -0.39 is 6.10 Å². The van der Waals surface area contributed by atoms with Crippen molar-refractivity contribution in [3.63, 3.8) is 0 Å². The topological polar surface area (TPSA) is 78.9 Å². The van der Waals surface area contributed by atoms with Crippen molar-refractivity contribution in [1.82, 2.24) is 0 Å². The van der Waals surface area contributed by atoms with Gasteiger partial charge in [0.2, 0.25) is 0 Å². The molecule has 0 bridgehead atoms. The average Bonchev–Trinajstić information content (AvgIpc) is 3.35. The molecule has 0 rings (SSSR count). The second kappa shape index (κ2) is 55.6. The highest BCUT2D eigenvalue weighted by Crippen LogP contribution is 2.13. The number of ether oxygens (including phenoxy) is 3. The maximum Gasteiger partial charge on any atom is 0.306 e. The van der Waals surface area contributed by atoms with Crippen LogP contribution in [0.5, 0.6) is 0 Å². The molecule has 6 heteroatoms. The number of esters is 3. The summed E-state index contributed by atoms with van der Waals surface area (Å²) in [4.78, 5) is 38.1. The lowest BCUT2D eigenvalue weighted by molar-refractivity contribution is -0.167. The summed E-state index contributed by atoms with van der Waals surface area (Å²) in [6, 6.07) is 0. The maximum atomic E-state index is 12.8. The van der Waals surface area contributed by atoms with E-state index in [0.29, 0.717) is 19.3 Å². The van der Waals surface area contributed by atoms with Crippen molar-refractivity contribution in [3.05, 3.63) is 158 Å². The number of unbranched alkanes of at least 4 members (excludes halogenated alkanes) is 18. The molecule has 0 saturated carbocycles. The van der Waals surface area contributed by atoms with Crippen LogP contribution in [-0.2, 0) is 28.6 Å². The predicted molar refractivity (Wildman–Crippen MR) is 297 cm³/mol. The lowest BCUT2D eigenvalue weighted by Crippen LogP contribution is -2.30. The Labute approximate surface area is 422 Å². The molecule has 0 aromatic carbocycles. The molecule has 0 radical (unpaired) electrons. The summed E-state index contributed by atoms with van der Waals surface area (Å²) < 4.78 is 16.8. The zero-order valence-corrected chi connectivity index (χ0v) is 43.8. The van der Waals surface area contributed by atoms with Crippen molar-refractivity contribution in [1.29, 1.82) is 0 Å². The smallest absolute Gasteiger partial charge is 0.306 e. The molecular weight excluding hydrogens is 853 g/mol. The Balaban J connectivity index is 4.60. The fourth-order valence-electron chi connectivity index (χ4n) is 6.77. The third-order valence-corrected chi connectivity index (χ3v) is 10.8. The quantitative estimate of drug-likeness (QED) is 0.0199. The monoisotopic (exact) mass is 949 g/mol. The van der Waals surface area contributed by atoms with Crippen LogP contribution in [0, 0.1) is 0 Å². The summed E-state index contributed by atoms with van der Waals surface area (Å²) in [6.07, 6.45) is 80.7. The second-order valence-corrected chi connectivity index (χ2v) is 17.3. The first-order valence-corrected chi connectivity index (χ1v) is 27.1. The molecule has 0 aliphatic rings. The molecule has 0 aromatic rings. The number of rotatable bonds is 46. The summed E-state index contributed by atoms with van der Waals surface area (Å²) >= 11 is 0. The number of hydrogen-bond donors (Lipinski definition) is 0. The summed E-state index contributed by atoms with van der Waals surface area (Å²) in [6.45, 7) is 6.26. The molecule has 0 saturated heterocycles. The van der Waals surface area contributed by atoms with Crippen molar-refractivity contribution in [2.45, 2.75) is 207 Å². The molecule has 0 spiro atoms. The van der Waals surface area contributed by atoms with Gasteiger partial charge in [-0.25, -0.2) is 0 Å². The van der Waals surface area contributed by atoms with Gasteiger partial charge in [0.15, 0.2) is 6.10 Å². The highest BCUT2D eigenvalue weighted by molar-refractivity contribution is 5.71. The maximum absolute atomic E-state index is 12.8. The Morgan fingerprint density at radius 1 is 0.319 bits per heavy atom. The Bertz CT molecular complexity index is 1610. The van der Waals surface area contributed by atoms with E-state index in [4.69, 9.17) is 14.2 Å². The highest BCUT2D eigenvalue weighted by atomic mass is 16.6. The van der Waals surface area contributed by atoms with Crippen molar-refractivity contribution in [2.75, 3.05) is 13.2 Å². The molecule has 0 heterocycles. The fourth-order valence-corrected chi connectivity index (χ4v) is 6.77. The molecule has 69 heavy (non-hydrogen) atoms. The normalized spacial score (nSPS) is 13.4. The van der Waals surface area contributed by atoms with Crippen molar-refractivity contribution in [2.24, 2.45) is 0 Å².